The molecule has 2 nitrogen and oxygen atoms in total. The van der Waals surface area contributed by atoms with E-state index in [1.54, 1.807) is 0 Å². The van der Waals surface area contributed by atoms with E-state index < -0.39 is 0 Å². The highest BCUT2D eigenvalue weighted by molar-refractivity contribution is 4.78. The normalized spacial score (nSPS) is 35.4. The maximum Gasteiger partial charge on any atom is 0.0576 e. The Balaban J connectivity index is 1.64. The van der Waals surface area contributed by atoms with Crippen molar-refractivity contribution in [1.29, 1.82) is 0 Å². The number of hydrogen-bond acceptors (Lipinski definition) is 2. The van der Waals surface area contributed by atoms with Crippen molar-refractivity contribution in [2.75, 3.05) is 13.2 Å². The van der Waals surface area contributed by atoms with Crippen LogP contribution in [-0.4, -0.2) is 25.3 Å². The van der Waals surface area contributed by atoms with Crippen molar-refractivity contribution in [3.63, 3.8) is 0 Å². The molecular weight excluding hydrogens is 198 g/mol. The van der Waals surface area contributed by atoms with Crippen LogP contribution in [0.4, 0.5) is 0 Å². The molecule has 0 bridgehead atoms. The summed E-state index contributed by atoms with van der Waals surface area (Å²) in [6.07, 6.45) is 11.6. The summed E-state index contributed by atoms with van der Waals surface area (Å²) in [5.74, 6) is 0.960. The van der Waals surface area contributed by atoms with E-state index in [0.717, 1.165) is 25.1 Å². The second-order valence-electron chi connectivity index (χ2n) is 5.50. The minimum absolute atomic E-state index is 0.597. The molecule has 0 aromatic carbocycles. The minimum Gasteiger partial charge on any atom is -0.378 e. The van der Waals surface area contributed by atoms with Gasteiger partial charge in [0.05, 0.1) is 6.10 Å². The SMILES string of the molecule is CCNC1CCCC(CCC2CCCO2)C1. The predicted molar refractivity (Wildman–Crippen MR) is 67.6 cm³/mol. The maximum atomic E-state index is 5.70. The fraction of sp³-hybridized carbons (Fsp3) is 1.00. The average molecular weight is 225 g/mol. The summed E-state index contributed by atoms with van der Waals surface area (Å²) in [7, 11) is 0. The third kappa shape index (κ3) is 3.74. The third-order valence-corrected chi connectivity index (χ3v) is 4.20. The fourth-order valence-corrected chi connectivity index (χ4v) is 3.32. The Morgan fingerprint density at radius 2 is 2.06 bits per heavy atom. The van der Waals surface area contributed by atoms with Gasteiger partial charge in [0.25, 0.3) is 0 Å². The van der Waals surface area contributed by atoms with Gasteiger partial charge in [-0.2, -0.15) is 0 Å². The van der Waals surface area contributed by atoms with E-state index in [4.69, 9.17) is 4.74 Å². The van der Waals surface area contributed by atoms with Gasteiger partial charge in [0, 0.05) is 12.6 Å². The third-order valence-electron chi connectivity index (χ3n) is 4.20. The van der Waals surface area contributed by atoms with Crippen LogP contribution in [-0.2, 0) is 4.74 Å². The van der Waals surface area contributed by atoms with Crippen molar-refractivity contribution in [3.8, 4) is 0 Å². The zero-order chi connectivity index (χ0) is 11.2. The first-order valence-corrected chi connectivity index (χ1v) is 7.23. The molecule has 1 saturated carbocycles. The van der Waals surface area contributed by atoms with Crippen LogP contribution in [0.3, 0.4) is 0 Å². The van der Waals surface area contributed by atoms with Gasteiger partial charge in [-0.3, -0.25) is 0 Å². The largest absolute Gasteiger partial charge is 0.378 e. The number of ether oxygens (including phenoxy) is 1. The highest BCUT2D eigenvalue weighted by atomic mass is 16.5. The summed E-state index contributed by atoms with van der Waals surface area (Å²) in [6, 6.07) is 0.799. The number of rotatable bonds is 5. The Kier molecular flexibility index (Phi) is 5.11. The molecule has 0 aromatic heterocycles. The first-order chi connectivity index (χ1) is 7.88. The molecular formula is C14H27NO. The van der Waals surface area contributed by atoms with E-state index in [1.165, 1.54) is 51.4 Å². The van der Waals surface area contributed by atoms with Crippen LogP contribution in [0.15, 0.2) is 0 Å². The predicted octanol–water partition coefficient (Wildman–Crippen LogP) is 3.11. The van der Waals surface area contributed by atoms with Crippen LogP contribution >= 0.6 is 0 Å². The monoisotopic (exact) mass is 225 g/mol. The molecule has 3 atom stereocenters. The minimum atomic E-state index is 0.597. The molecule has 3 unspecified atom stereocenters. The van der Waals surface area contributed by atoms with E-state index in [9.17, 15) is 0 Å². The maximum absolute atomic E-state index is 5.70. The zero-order valence-electron chi connectivity index (χ0n) is 10.7. The van der Waals surface area contributed by atoms with E-state index in [2.05, 4.69) is 12.2 Å². The fourth-order valence-electron chi connectivity index (χ4n) is 3.32. The lowest BCUT2D eigenvalue weighted by Crippen LogP contribution is -2.34. The highest BCUT2D eigenvalue weighted by Gasteiger charge is 2.23. The lowest BCUT2D eigenvalue weighted by molar-refractivity contribution is 0.0946. The summed E-state index contributed by atoms with van der Waals surface area (Å²) in [5.41, 5.74) is 0. The van der Waals surface area contributed by atoms with Crippen LogP contribution in [0.25, 0.3) is 0 Å². The van der Waals surface area contributed by atoms with Crippen LogP contribution in [0.5, 0.6) is 0 Å². The summed E-state index contributed by atoms with van der Waals surface area (Å²) in [5, 5.41) is 3.61. The van der Waals surface area contributed by atoms with Gasteiger partial charge >= 0.3 is 0 Å². The lowest BCUT2D eigenvalue weighted by atomic mass is 9.82. The Morgan fingerprint density at radius 3 is 2.81 bits per heavy atom. The van der Waals surface area contributed by atoms with E-state index >= 15 is 0 Å². The van der Waals surface area contributed by atoms with E-state index in [-0.39, 0.29) is 0 Å². The molecule has 94 valence electrons. The van der Waals surface area contributed by atoms with Crippen LogP contribution < -0.4 is 5.32 Å². The Bertz CT molecular complexity index is 187. The molecule has 1 N–H and O–H groups in total. The van der Waals surface area contributed by atoms with Crippen molar-refractivity contribution < 1.29 is 4.74 Å². The van der Waals surface area contributed by atoms with Gasteiger partial charge in [0.15, 0.2) is 0 Å². The van der Waals surface area contributed by atoms with Gasteiger partial charge in [-0.1, -0.05) is 19.8 Å². The lowest BCUT2D eigenvalue weighted by Gasteiger charge is -2.30. The standard InChI is InChI=1S/C14H27NO/c1-2-15-13-6-3-5-12(11-13)8-9-14-7-4-10-16-14/h12-15H,2-11H2,1H3. The number of nitrogens with one attached hydrogen (secondary N) is 1. The van der Waals surface area contributed by atoms with Crippen molar-refractivity contribution >= 4 is 0 Å². The van der Waals surface area contributed by atoms with E-state index in [0.29, 0.717) is 6.10 Å². The van der Waals surface area contributed by atoms with Gasteiger partial charge in [0.2, 0.25) is 0 Å². The molecule has 0 amide bonds. The van der Waals surface area contributed by atoms with Crippen molar-refractivity contribution in [1.82, 2.24) is 5.32 Å². The number of hydrogen-bond donors (Lipinski definition) is 1. The molecule has 2 rings (SSSR count). The summed E-state index contributed by atoms with van der Waals surface area (Å²) in [4.78, 5) is 0. The smallest absolute Gasteiger partial charge is 0.0576 e. The van der Waals surface area contributed by atoms with Crippen LogP contribution in [0.2, 0.25) is 0 Å². The van der Waals surface area contributed by atoms with Crippen LogP contribution in [0.1, 0.15) is 58.3 Å². The Hall–Kier alpha value is -0.0800. The molecule has 2 aliphatic rings. The van der Waals surface area contributed by atoms with Crippen molar-refractivity contribution in [2.45, 2.75) is 70.4 Å². The summed E-state index contributed by atoms with van der Waals surface area (Å²) >= 11 is 0. The second-order valence-corrected chi connectivity index (χ2v) is 5.50. The highest BCUT2D eigenvalue weighted by Crippen LogP contribution is 2.30. The van der Waals surface area contributed by atoms with Gasteiger partial charge < -0.3 is 10.1 Å². The van der Waals surface area contributed by atoms with Crippen LogP contribution in [0, 0.1) is 5.92 Å². The average Bonchev–Trinajstić information content (AvgIpc) is 2.80. The Labute approximate surface area is 100 Å². The van der Waals surface area contributed by atoms with Crippen molar-refractivity contribution in [2.24, 2.45) is 5.92 Å². The summed E-state index contributed by atoms with van der Waals surface area (Å²) < 4.78 is 5.70. The molecule has 0 aromatic rings. The topological polar surface area (TPSA) is 21.3 Å². The van der Waals surface area contributed by atoms with Gasteiger partial charge in [0.1, 0.15) is 0 Å². The molecule has 2 heteroatoms. The first kappa shape index (κ1) is 12.4. The van der Waals surface area contributed by atoms with Gasteiger partial charge in [-0.05, 0) is 51.0 Å². The Morgan fingerprint density at radius 1 is 1.12 bits per heavy atom. The van der Waals surface area contributed by atoms with Crippen molar-refractivity contribution in [3.05, 3.63) is 0 Å². The summed E-state index contributed by atoms with van der Waals surface area (Å²) in [6.45, 7) is 4.36. The quantitative estimate of drug-likeness (QED) is 0.776. The molecule has 1 heterocycles. The van der Waals surface area contributed by atoms with Gasteiger partial charge in [-0.25, -0.2) is 0 Å². The molecule has 0 radical (unpaired) electrons. The zero-order valence-corrected chi connectivity index (χ0v) is 10.7. The second kappa shape index (κ2) is 6.61. The molecule has 0 spiro atoms. The first-order valence-electron chi connectivity index (χ1n) is 7.23. The molecule has 2 fully saturated rings. The molecule has 1 saturated heterocycles. The molecule has 1 aliphatic heterocycles. The van der Waals surface area contributed by atoms with E-state index in [1.807, 2.05) is 0 Å². The van der Waals surface area contributed by atoms with Gasteiger partial charge in [-0.15, -0.1) is 0 Å². The molecule has 16 heavy (non-hydrogen) atoms. The molecule has 1 aliphatic carbocycles.